The summed E-state index contributed by atoms with van der Waals surface area (Å²) in [6.07, 6.45) is 17.0. The van der Waals surface area contributed by atoms with Gasteiger partial charge in [0.1, 0.15) is 18.9 Å². The minimum atomic E-state index is 0.610. The molecule has 1 atom stereocenters. The van der Waals surface area contributed by atoms with Crippen molar-refractivity contribution in [1.29, 1.82) is 0 Å². The minimum absolute atomic E-state index is 0.610. The lowest BCUT2D eigenvalue weighted by Crippen LogP contribution is -2.41. The van der Waals surface area contributed by atoms with Crippen molar-refractivity contribution < 1.29 is 0 Å². The number of nitrogens with zero attached hydrogens (tertiary/aromatic N) is 4. The van der Waals surface area contributed by atoms with Gasteiger partial charge in [0.2, 0.25) is 5.69 Å². The van der Waals surface area contributed by atoms with Crippen LogP contribution in [0.15, 0.2) is 29.8 Å². The molecule has 0 bridgehead atoms. The van der Waals surface area contributed by atoms with Crippen molar-refractivity contribution in [1.82, 2.24) is 14.4 Å². The highest BCUT2D eigenvalue weighted by Crippen LogP contribution is 2.32. The Kier molecular flexibility index (Phi) is 3.04. The third kappa shape index (κ3) is 2.12. The van der Waals surface area contributed by atoms with Crippen molar-refractivity contribution in [2.24, 2.45) is 18.1 Å². The smallest absolute Gasteiger partial charge is 0.202 e. The van der Waals surface area contributed by atoms with Crippen molar-refractivity contribution in [3.05, 3.63) is 24.7 Å². The lowest BCUT2D eigenvalue weighted by atomic mass is 9.88. The minimum Gasteiger partial charge on any atom is -0.269 e. The van der Waals surface area contributed by atoms with Gasteiger partial charge in [0.05, 0.1) is 12.4 Å². The van der Waals surface area contributed by atoms with Crippen LogP contribution in [0, 0.1) is 5.92 Å². The summed E-state index contributed by atoms with van der Waals surface area (Å²) in [6.45, 7) is 1.08. The fourth-order valence-corrected chi connectivity index (χ4v) is 3.11. The molecule has 96 valence electrons. The van der Waals surface area contributed by atoms with Gasteiger partial charge in [-0.1, -0.05) is 24.4 Å². The Morgan fingerprint density at radius 1 is 1.33 bits per heavy atom. The molecule has 1 unspecified atom stereocenters. The van der Waals surface area contributed by atoms with Crippen LogP contribution < -0.4 is 4.59 Å². The molecule has 1 aromatic rings. The standard InChI is InChI=1S/C14H21N4/c1-17-11-14(10-15-17)18(9-5-8-16-18)12-13-6-3-2-4-7-13/h5,8-11,13H,2-4,6-7,12H2,1H3/q+1. The summed E-state index contributed by atoms with van der Waals surface area (Å²) in [6, 6.07) is 0. The number of hydrogen-bond donors (Lipinski definition) is 0. The van der Waals surface area contributed by atoms with E-state index < -0.39 is 0 Å². The zero-order valence-electron chi connectivity index (χ0n) is 11.0. The molecule has 0 radical (unpaired) electrons. The zero-order valence-corrected chi connectivity index (χ0v) is 11.0. The fourth-order valence-electron chi connectivity index (χ4n) is 3.11. The van der Waals surface area contributed by atoms with Gasteiger partial charge in [0, 0.05) is 19.0 Å². The van der Waals surface area contributed by atoms with Crippen molar-refractivity contribution in [2.45, 2.75) is 32.1 Å². The van der Waals surface area contributed by atoms with Crippen LogP contribution in [0.1, 0.15) is 32.1 Å². The van der Waals surface area contributed by atoms with E-state index in [0.29, 0.717) is 4.59 Å². The molecule has 2 heterocycles. The van der Waals surface area contributed by atoms with Crippen LogP contribution in [0.4, 0.5) is 5.69 Å². The molecular formula is C14H21N4+. The highest BCUT2D eigenvalue weighted by atomic mass is 15.6. The summed E-state index contributed by atoms with van der Waals surface area (Å²) in [5.74, 6) is 0.791. The van der Waals surface area contributed by atoms with E-state index in [9.17, 15) is 0 Å². The van der Waals surface area contributed by atoms with Crippen LogP contribution in [0.5, 0.6) is 0 Å². The topological polar surface area (TPSA) is 30.2 Å². The Balaban J connectivity index is 1.83. The molecule has 0 amide bonds. The molecule has 1 aliphatic carbocycles. The van der Waals surface area contributed by atoms with Crippen molar-refractivity contribution in [3.8, 4) is 0 Å². The van der Waals surface area contributed by atoms with Gasteiger partial charge in [-0.25, -0.2) is 0 Å². The number of hydrogen-bond acceptors (Lipinski definition) is 2. The predicted octanol–water partition coefficient (Wildman–Crippen LogP) is 2.82. The average molecular weight is 245 g/mol. The molecule has 1 saturated carbocycles. The van der Waals surface area contributed by atoms with Crippen LogP contribution in [0.25, 0.3) is 0 Å². The van der Waals surface area contributed by atoms with Crippen molar-refractivity contribution in [3.63, 3.8) is 0 Å². The van der Waals surface area contributed by atoms with Crippen LogP contribution in [0.3, 0.4) is 0 Å². The molecule has 0 aromatic carbocycles. The molecule has 3 rings (SSSR count). The molecule has 18 heavy (non-hydrogen) atoms. The second-order valence-corrected chi connectivity index (χ2v) is 5.49. The van der Waals surface area contributed by atoms with E-state index in [4.69, 9.17) is 5.10 Å². The number of rotatable bonds is 3. The predicted molar refractivity (Wildman–Crippen MR) is 74.1 cm³/mol. The number of aryl methyl sites for hydroxylation is 1. The maximum Gasteiger partial charge on any atom is 0.202 e. The van der Waals surface area contributed by atoms with Gasteiger partial charge < -0.3 is 0 Å². The Hall–Kier alpha value is -1.42. The highest BCUT2D eigenvalue weighted by molar-refractivity contribution is 5.75. The van der Waals surface area contributed by atoms with E-state index in [1.54, 1.807) is 0 Å². The summed E-state index contributed by atoms with van der Waals surface area (Å²) in [5.41, 5.74) is 1.17. The van der Waals surface area contributed by atoms with E-state index in [0.717, 1.165) is 12.5 Å². The van der Waals surface area contributed by atoms with Gasteiger partial charge in [-0.05, 0) is 12.8 Å². The lowest BCUT2D eigenvalue weighted by Gasteiger charge is -2.30. The summed E-state index contributed by atoms with van der Waals surface area (Å²) in [4.78, 5) is 0. The van der Waals surface area contributed by atoms with E-state index in [1.807, 2.05) is 24.1 Å². The van der Waals surface area contributed by atoms with Gasteiger partial charge in [-0.3, -0.25) is 4.68 Å². The molecular weight excluding hydrogens is 224 g/mol. The van der Waals surface area contributed by atoms with E-state index in [1.165, 1.54) is 37.8 Å². The zero-order chi connectivity index (χ0) is 12.4. The molecule has 1 fully saturated rings. The van der Waals surface area contributed by atoms with Crippen molar-refractivity contribution >= 4 is 11.9 Å². The SMILES string of the molecule is Cn1cc([N+]2(CC3CCCCC3)C=CC=N2)cn1. The molecule has 0 saturated heterocycles. The first kappa shape index (κ1) is 11.7. The van der Waals surface area contributed by atoms with Crippen molar-refractivity contribution in [2.75, 3.05) is 6.54 Å². The first-order valence-electron chi connectivity index (χ1n) is 6.89. The Bertz CT molecular complexity index is 454. The summed E-state index contributed by atoms with van der Waals surface area (Å²) in [5, 5.41) is 8.99. The summed E-state index contributed by atoms with van der Waals surface area (Å²) in [7, 11) is 1.96. The van der Waals surface area contributed by atoms with Crippen LogP contribution in [-0.4, -0.2) is 22.5 Å². The Morgan fingerprint density at radius 2 is 2.17 bits per heavy atom. The quantitative estimate of drug-likeness (QED) is 0.753. The second kappa shape index (κ2) is 4.69. The first-order valence-corrected chi connectivity index (χ1v) is 6.89. The molecule has 0 spiro atoms. The average Bonchev–Trinajstić information content (AvgIpc) is 3.01. The molecule has 2 aliphatic rings. The summed E-state index contributed by atoms with van der Waals surface area (Å²) >= 11 is 0. The van der Waals surface area contributed by atoms with Gasteiger partial charge in [-0.15, -0.1) is 4.59 Å². The molecule has 4 heteroatoms. The molecule has 0 N–H and O–H groups in total. The third-order valence-electron chi connectivity index (χ3n) is 4.09. The third-order valence-corrected chi connectivity index (χ3v) is 4.09. The number of aromatic nitrogens is 2. The van der Waals surface area contributed by atoms with Crippen LogP contribution >= 0.6 is 0 Å². The highest BCUT2D eigenvalue weighted by Gasteiger charge is 2.35. The Labute approximate surface area is 108 Å². The maximum absolute atomic E-state index is 4.69. The number of allylic oxidation sites excluding steroid dienone is 1. The Morgan fingerprint density at radius 3 is 2.78 bits per heavy atom. The largest absolute Gasteiger partial charge is 0.269 e. The van der Waals surface area contributed by atoms with Gasteiger partial charge >= 0.3 is 0 Å². The first-order chi connectivity index (χ1) is 8.78. The maximum atomic E-state index is 4.69. The van der Waals surface area contributed by atoms with E-state index in [2.05, 4.69) is 23.6 Å². The normalized spacial score (nSPS) is 28.1. The van der Waals surface area contributed by atoms with Gasteiger partial charge in [-0.2, -0.15) is 5.10 Å². The molecule has 1 aromatic heterocycles. The van der Waals surface area contributed by atoms with E-state index >= 15 is 0 Å². The van der Waals surface area contributed by atoms with E-state index in [-0.39, 0.29) is 0 Å². The summed E-state index contributed by atoms with van der Waals surface area (Å²) < 4.78 is 2.47. The van der Waals surface area contributed by atoms with Crippen LogP contribution in [-0.2, 0) is 7.05 Å². The molecule has 1 aliphatic heterocycles. The van der Waals surface area contributed by atoms with Gasteiger partial charge in [0.25, 0.3) is 0 Å². The van der Waals surface area contributed by atoms with Gasteiger partial charge in [0.15, 0.2) is 0 Å². The second-order valence-electron chi connectivity index (χ2n) is 5.49. The monoisotopic (exact) mass is 245 g/mol. The number of quaternary nitrogens is 1. The lowest BCUT2D eigenvalue weighted by molar-refractivity contribution is 0.263. The fraction of sp³-hybridized carbons (Fsp3) is 0.571. The molecule has 4 nitrogen and oxygen atoms in total. The van der Waals surface area contributed by atoms with Crippen LogP contribution in [0.2, 0.25) is 0 Å².